The zero-order valence-corrected chi connectivity index (χ0v) is 11.1. The number of hydrogen-bond acceptors (Lipinski definition) is 3. The molecule has 0 aliphatic carbocycles. The van der Waals surface area contributed by atoms with Crippen molar-refractivity contribution < 1.29 is 4.39 Å². The zero-order chi connectivity index (χ0) is 13.5. The molecule has 0 radical (unpaired) electrons. The number of nitrogens with one attached hydrogen (secondary N) is 1. The molecule has 2 aromatic rings. The van der Waals surface area contributed by atoms with E-state index in [2.05, 4.69) is 22.3 Å². The van der Waals surface area contributed by atoms with Gasteiger partial charge in [0, 0.05) is 6.54 Å². The molecule has 0 aliphatic heterocycles. The van der Waals surface area contributed by atoms with Crippen molar-refractivity contribution in [1.29, 1.82) is 0 Å². The third kappa shape index (κ3) is 3.86. The van der Waals surface area contributed by atoms with Crippen LogP contribution < -0.4 is 5.32 Å². The van der Waals surface area contributed by atoms with Gasteiger partial charge in [-0.1, -0.05) is 25.1 Å². The molecule has 1 heterocycles. The summed E-state index contributed by atoms with van der Waals surface area (Å²) in [6, 6.07) is 6.87. The molecule has 0 bridgehead atoms. The van der Waals surface area contributed by atoms with Gasteiger partial charge in [-0.15, -0.1) is 0 Å². The second-order valence-electron chi connectivity index (χ2n) is 4.42. The van der Waals surface area contributed by atoms with Gasteiger partial charge in [0.1, 0.15) is 18.0 Å². The Morgan fingerprint density at radius 3 is 2.95 bits per heavy atom. The largest absolute Gasteiger partial charge is 0.310 e. The van der Waals surface area contributed by atoms with E-state index in [-0.39, 0.29) is 5.82 Å². The molecule has 0 spiro atoms. The van der Waals surface area contributed by atoms with E-state index in [0.717, 1.165) is 30.9 Å². The van der Waals surface area contributed by atoms with E-state index in [4.69, 9.17) is 0 Å². The van der Waals surface area contributed by atoms with Crippen LogP contribution in [0.2, 0.25) is 0 Å². The Hall–Kier alpha value is -1.75. The van der Waals surface area contributed by atoms with E-state index in [9.17, 15) is 4.39 Å². The Balaban J connectivity index is 1.78. The maximum Gasteiger partial charge on any atom is 0.140 e. The Morgan fingerprint density at radius 1 is 1.32 bits per heavy atom. The summed E-state index contributed by atoms with van der Waals surface area (Å²) in [7, 11) is 0. The van der Waals surface area contributed by atoms with Crippen LogP contribution in [-0.4, -0.2) is 21.3 Å². The molecule has 102 valence electrons. The highest BCUT2D eigenvalue weighted by atomic mass is 19.1. The van der Waals surface area contributed by atoms with Crippen LogP contribution in [0.25, 0.3) is 0 Å². The first kappa shape index (κ1) is 13.7. The lowest BCUT2D eigenvalue weighted by Gasteiger charge is -2.07. The zero-order valence-electron chi connectivity index (χ0n) is 11.1. The number of benzene rings is 1. The maximum atomic E-state index is 13.4. The fraction of sp³-hybridized carbons (Fsp3) is 0.429. The molecule has 4 nitrogen and oxygen atoms in total. The summed E-state index contributed by atoms with van der Waals surface area (Å²) in [5, 5.41) is 7.43. The summed E-state index contributed by atoms with van der Waals surface area (Å²) in [5.41, 5.74) is 0.741. The minimum Gasteiger partial charge on any atom is -0.310 e. The van der Waals surface area contributed by atoms with Gasteiger partial charge >= 0.3 is 0 Å². The number of aryl methyl sites for hydroxylation is 1. The summed E-state index contributed by atoms with van der Waals surface area (Å²) < 4.78 is 15.3. The Labute approximate surface area is 112 Å². The molecule has 1 aromatic carbocycles. The normalized spacial score (nSPS) is 10.8. The lowest BCUT2D eigenvalue weighted by molar-refractivity contribution is 0.540. The van der Waals surface area contributed by atoms with Crippen LogP contribution in [0, 0.1) is 5.82 Å². The van der Waals surface area contributed by atoms with Crippen molar-refractivity contribution in [2.24, 2.45) is 0 Å². The van der Waals surface area contributed by atoms with Gasteiger partial charge in [0.25, 0.3) is 0 Å². The molecule has 5 heteroatoms. The first-order valence-corrected chi connectivity index (χ1v) is 6.62. The van der Waals surface area contributed by atoms with Crippen LogP contribution in [0.4, 0.5) is 4.39 Å². The van der Waals surface area contributed by atoms with Crippen LogP contribution in [-0.2, 0) is 19.5 Å². The van der Waals surface area contributed by atoms with E-state index in [1.54, 1.807) is 12.4 Å². The summed E-state index contributed by atoms with van der Waals surface area (Å²) >= 11 is 0. The first-order chi connectivity index (χ1) is 9.31. The van der Waals surface area contributed by atoms with Gasteiger partial charge in [0.15, 0.2) is 0 Å². The van der Waals surface area contributed by atoms with Gasteiger partial charge in [-0.3, -0.25) is 0 Å². The predicted octanol–water partition coefficient (Wildman–Crippen LogP) is 2.16. The van der Waals surface area contributed by atoms with Crippen molar-refractivity contribution in [1.82, 2.24) is 20.1 Å². The molecule has 0 fully saturated rings. The van der Waals surface area contributed by atoms with Crippen LogP contribution in [0.15, 0.2) is 30.6 Å². The van der Waals surface area contributed by atoms with Gasteiger partial charge in [-0.2, -0.15) is 5.10 Å². The smallest absolute Gasteiger partial charge is 0.140 e. The average molecular weight is 262 g/mol. The SMILES string of the molecule is CCCn1ncnc1CNCCc1ccccc1F. The predicted molar refractivity (Wildman–Crippen MR) is 72.1 cm³/mol. The van der Waals surface area contributed by atoms with Gasteiger partial charge < -0.3 is 5.32 Å². The molecule has 19 heavy (non-hydrogen) atoms. The van der Waals surface area contributed by atoms with Gasteiger partial charge in [0.05, 0.1) is 6.54 Å². The van der Waals surface area contributed by atoms with Crippen LogP contribution in [0.1, 0.15) is 24.7 Å². The molecular formula is C14H19FN4. The quantitative estimate of drug-likeness (QED) is 0.778. The van der Waals surface area contributed by atoms with E-state index in [1.165, 1.54) is 6.07 Å². The molecular weight excluding hydrogens is 243 g/mol. The lowest BCUT2D eigenvalue weighted by Crippen LogP contribution is -2.20. The molecule has 2 rings (SSSR count). The second kappa shape index (κ2) is 6.99. The third-order valence-corrected chi connectivity index (χ3v) is 2.94. The van der Waals surface area contributed by atoms with Crippen LogP contribution in [0.5, 0.6) is 0 Å². The molecule has 1 aromatic heterocycles. The second-order valence-corrected chi connectivity index (χ2v) is 4.42. The van der Waals surface area contributed by atoms with Crippen molar-refractivity contribution in [2.45, 2.75) is 32.9 Å². The third-order valence-electron chi connectivity index (χ3n) is 2.94. The molecule has 0 saturated heterocycles. The van der Waals surface area contributed by atoms with Crippen molar-refractivity contribution in [2.75, 3.05) is 6.54 Å². The number of rotatable bonds is 7. The Morgan fingerprint density at radius 2 is 2.16 bits per heavy atom. The van der Waals surface area contributed by atoms with E-state index in [1.807, 2.05) is 16.8 Å². The number of aromatic nitrogens is 3. The summed E-state index contributed by atoms with van der Waals surface area (Å²) in [6.45, 7) is 4.37. The Kier molecular flexibility index (Phi) is 5.03. The van der Waals surface area contributed by atoms with Crippen molar-refractivity contribution in [3.63, 3.8) is 0 Å². The summed E-state index contributed by atoms with van der Waals surface area (Å²) in [6.07, 6.45) is 3.28. The number of nitrogens with zero attached hydrogens (tertiary/aromatic N) is 3. The maximum absolute atomic E-state index is 13.4. The highest BCUT2D eigenvalue weighted by Gasteiger charge is 2.03. The molecule has 0 atom stereocenters. The number of hydrogen-bond donors (Lipinski definition) is 1. The highest BCUT2D eigenvalue weighted by molar-refractivity contribution is 5.17. The van der Waals surface area contributed by atoms with E-state index < -0.39 is 0 Å². The summed E-state index contributed by atoms with van der Waals surface area (Å²) in [5.74, 6) is 0.786. The first-order valence-electron chi connectivity index (χ1n) is 6.62. The van der Waals surface area contributed by atoms with E-state index in [0.29, 0.717) is 13.0 Å². The number of halogens is 1. The topological polar surface area (TPSA) is 42.7 Å². The van der Waals surface area contributed by atoms with Crippen LogP contribution in [0.3, 0.4) is 0 Å². The molecule has 0 amide bonds. The lowest BCUT2D eigenvalue weighted by atomic mass is 10.1. The monoisotopic (exact) mass is 262 g/mol. The fourth-order valence-corrected chi connectivity index (χ4v) is 1.95. The standard InChI is InChI=1S/C14H19FN4/c1-2-9-19-14(17-11-18-19)10-16-8-7-12-5-3-4-6-13(12)15/h3-6,11,16H,2,7-10H2,1H3. The highest BCUT2D eigenvalue weighted by Crippen LogP contribution is 2.06. The molecule has 0 unspecified atom stereocenters. The molecule has 0 aliphatic rings. The molecule has 0 saturated carbocycles. The fourth-order valence-electron chi connectivity index (χ4n) is 1.95. The summed E-state index contributed by atoms with van der Waals surface area (Å²) in [4.78, 5) is 4.21. The van der Waals surface area contributed by atoms with Crippen molar-refractivity contribution in [3.8, 4) is 0 Å². The van der Waals surface area contributed by atoms with E-state index >= 15 is 0 Å². The minimum atomic E-state index is -0.140. The average Bonchev–Trinajstić information content (AvgIpc) is 2.85. The van der Waals surface area contributed by atoms with Crippen molar-refractivity contribution in [3.05, 3.63) is 47.8 Å². The van der Waals surface area contributed by atoms with Gasteiger partial charge in [0.2, 0.25) is 0 Å². The van der Waals surface area contributed by atoms with Crippen molar-refractivity contribution >= 4 is 0 Å². The molecule has 1 N–H and O–H groups in total. The van der Waals surface area contributed by atoms with Crippen LogP contribution >= 0.6 is 0 Å². The Bertz CT molecular complexity index is 510. The minimum absolute atomic E-state index is 0.140. The van der Waals surface area contributed by atoms with Gasteiger partial charge in [-0.05, 0) is 31.0 Å². The van der Waals surface area contributed by atoms with Gasteiger partial charge in [-0.25, -0.2) is 14.1 Å².